The van der Waals surface area contributed by atoms with E-state index in [1.165, 1.54) is 60.4 Å². The van der Waals surface area contributed by atoms with Gasteiger partial charge in [-0.25, -0.2) is 30.9 Å². The maximum Gasteiger partial charge on any atom is 0.329 e. The third-order valence-corrected chi connectivity index (χ3v) is 9.31. The molecule has 3 amide bonds. The van der Waals surface area contributed by atoms with E-state index in [9.17, 15) is 31.6 Å². The van der Waals surface area contributed by atoms with Crippen molar-refractivity contribution >= 4 is 38.6 Å². The molecular formula is C32H26F2N4O6S. The predicted octanol–water partition coefficient (Wildman–Crippen LogP) is 5.46. The van der Waals surface area contributed by atoms with Crippen molar-refractivity contribution in [3.05, 3.63) is 107 Å². The number of aromatic nitrogens is 2. The van der Waals surface area contributed by atoms with Crippen molar-refractivity contribution in [3.63, 3.8) is 0 Å². The zero-order valence-corrected chi connectivity index (χ0v) is 25.1. The Morgan fingerprint density at radius 1 is 0.911 bits per heavy atom. The molecule has 1 atom stereocenters. The van der Waals surface area contributed by atoms with E-state index in [1.807, 2.05) is 6.92 Å². The first-order valence-corrected chi connectivity index (χ1v) is 15.3. The first-order chi connectivity index (χ1) is 21.4. The summed E-state index contributed by atoms with van der Waals surface area (Å²) in [4.78, 5) is 40.2. The van der Waals surface area contributed by atoms with Crippen LogP contribution in [0.2, 0.25) is 0 Å². The molecule has 10 nitrogen and oxygen atoms in total. The molecule has 1 aliphatic rings. The Morgan fingerprint density at radius 3 is 2.29 bits per heavy atom. The van der Waals surface area contributed by atoms with Gasteiger partial charge in [-0.05, 0) is 61.9 Å². The molecule has 230 valence electrons. The van der Waals surface area contributed by atoms with Crippen LogP contribution in [0.4, 0.5) is 19.3 Å². The van der Waals surface area contributed by atoms with E-state index in [0.29, 0.717) is 12.5 Å². The summed E-state index contributed by atoms with van der Waals surface area (Å²) in [5.41, 5.74) is 0.707. The van der Waals surface area contributed by atoms with Crippen molar-refractivity contribution < 1.29 is 31.5 Å². The molecule has 0 radical (unpaired) electrons. The summed E-state index contributed by atoms with van der Waals surface area (Å²) in [6.45, 7) is 3.57. The van der Waals surface area contributed by atoms with Crippen molar-refractivity contribution in [2.75, 3.05) is 4.90 Å². The quantitative estimate of drug-likeness (QED) is 0.238. The van der Waals surface area contributed by atoms with Crippen LogP contribution >= 0.6 is 0 Å². The summed E-state index contributed by atoms with van der Waals surface area (Å²) in [5.74, 6) is -2.56. The number of imide groups is 1. The normalized spacial score (nSPS) is 15.1. The number of pyridine rings is 1. The minimum absolute atomic E-state index is 0.0254. The predicted molar refractivity (Wildman–Crippen MR) is 163 cm³/mol. The highest BCUT2D eigenvalue weighted by molar-refractivity contribution is 7.90. The molecule has 2 aromatic heterocycles. The van der Waals surface area contributed by atoms with Gasteiger partial charge in [0.2, 0.25) is 0 Å². The van der Waals surface area contributed by atoms with Gasteiger partial charge < -0.3 is 14.6 Å². The lowest BCUT2D eigenvalue weighted by Gasteiger charge is -2.19. The van der Waals surface area contributed by atoms with E-state index in [4.69, 9.17) is 4.74 Å². The lowest BCUT2D eigenvalue weighted by atomic mass is 10.0. The molecule has 1 aliphatic heterocycles. The summed E-state index contributed by atoms with van der Waals surface area (Å²) in [5, 5.41) is 2.83. The van der Waals surface area contributed by atoms with E-state index in [2.05, 4.69) is 5.32 Å². The largest absolute Gasteiger partial charge is 0.454 e. The fourth-order valence-corrected chi connectivity index (χ4v) is 6.60. The Kier molecular flexibility index (Phi) is 7.28. The van der Waals surface area contributed by atoms with Gasteiger partial charge in [0.1, 0.15) is 23.1 Å². The Morgan fingerprint density at radius 2 is 1.62 bits per heavy atom. The lowest BCUT2D eigenvalue weighted by molar-refractivity contribution is -0.118. The molecule has 0 bridgehead atoms. The van der Waals surface area contributed by atoms with Crippen LogP contribution in [0.3, 0.4) is 0 Å². The van der Waals surface area contributed by atoms with Gasteiger partial charge in [-0.15, -0.1) is 0 Å². The van der Waals surface area contributed by atoms with E-state index in [0.717, 1.165) is 26.6 Å². The lowest BCUT2D eigenvalue weighted by Crippen LogP contribution is -2.31. The van der Waals surface area contributed by atoms with Gasteiger partial charge in [0.15, 0.2) is 11.6 Å². The van der Waals surface area contributed by atoms with Crippen LogP contribution in [0.15, 0.2) is 88.8 Å². The number of hydrogen-bond acceptors (Lipinski definition) is 6. The second kappa shape index (κ2) is 11.0. The number of ether oxygens (including phenoxy) is 1. The van der Waals surface area contributed by atoms with Gasteiger partial charge in [0.25, 0.3) is 21.5 Å². The number of rotatable bonds is 7. The van der Waals surface area contributed by atoms with Gasteiger partial charge in [-0.2, -0.15) is 0 Å². The maximum absolute atomic E-state index is 14.7. The molecule has 0 spiro atoms. The molecule has 1 unspecified atom stereocenters. The molecule has 0 aliphatic carbocycles. The molecule has 1 fully saturated rings. The van der Waals surface area contributed by atoms with Gasteiger partial charge in [-0.1, -0.05) is 24.6 Å². The Balaban J connectivity index is 1.59. The smallest absolute Gasteiger partial charge is 0.329 e. The third-order valence-electron chi connectivity index (χ3n) is 7.62. The topological polar surface area (TPSA) is 120 Å². The number of urea groups is 1. The highest BCUT2D eigenvalue weighted by Crippen LogP contribution is 2.41. The molecule has 0 saturated carbocycles. The summed E-state index contributed by atoms with van der Waals surface area (Å²) in [7, 11) is -2.77. The second-order valence-electron chi connectivity index (χ2n) is 10.6. The monoisotopic (exact) mass is 632 g/mol. The molecule has 3 aromatic carbocycles. The van der Waals surface area contributed by atoms with E-state index in [-0.39, 0.29) is 44.1 Å². The Hall–Kier alpha value is -5.30. The molecule has 1 saturated heterocycles. The number of aryl methyl sites for hydroxylation is 2. The molecule has 6 rings (SSSR count). The Labute approximate surface area is 256 Å². The van der Waals surface area contributed by atoms with E-state index >= 15 is 0 Å². The third kappa shape index (κ3) is 5.04. The SMILES string of the molecule is CCC1NC(=O)N(c2ccc(Oc3ccc(F)cc3F)c(-c3cn(C)c(=O)c4c3ccn4S(=O)(=O)c3ccc(C)cc3)c2)C1=O. The summed E-state index contributed by atoms with van der Waals surface area (Å²) in [6.07, 6.45) is 3.07. The molecular weight excluding hydrogens is 606 g/mol. The number of nitrogens with zero attached hydrogens (tertiary/aromatic N) is 3. The fraction of sp³-hybridized carbons (Fsp3) is 0.156. The maximum atomic E-state index is 14.7. The number of halogens is 2. The number of carbonyl (C=O) groups is 2. The van der Waals surface area contributed by atoms with Crippen LogP contribution in [0.1, 0.15) is 18.9 Å². The van der Waals surface area contributed by atoms with Crippen LogP contribution in [-0.4, -0.2) is 34.9 Å². The summed E-state index contributed by atoms with van der Waals surface area (Å²) in [6, 6.07) is 13.3. The zero-order valence-electron chi connectivity index (χ0n) is 24.2. The number of nitrogens with one attached hydrogen (secondary N) is 1. The molecule has 45 heavy (non-hydrogen) atoms. The van der Waals surface area contributed by atoms with Crippen molar-refractivity contribution in [1.82, 2.24) is 13.9 Å². The average Bonchev–Trinajstić information content (AvgIpc) is 3.58. The van der Waals surface area contributed by atoms with E-state index < -0.39 is 45.2 Å². The number of amides is 3. The minimum Gasteiger partial charge on any atom is -0.454 e. The first kappa shape index (κ1) is 29.8. The average molecular weight is 633 g/mol. The molecule has 5 aromatic rings. The van der Waals surface area contributed by atoms with Gasteiger partial charge in [0, 0.05) is 42.0 Å². The first-order valence-electron chi connectivity index (χ1n) is 13.9. The van der Waals surface area contributed by atoms with Gasteiger partial charge in [-0.3, -0.25) is 9.59 Å². The van der Waals surface area contributed by atoms with Crippen LogP contribution in [0.5, 0.6) is 11.5 Å². The zero-order chi connectivity index (χ0) is 32.2. The fourth-order valence-electron chi connectivity index (χ4n) is 5.25. The van der Waals surface area contributed by atoms with Gasteiger partial charge >= 0.3 is 6.03 Å². The number of benzene rings is 3. The van der Waals surface area contributed by atoms with E-state index in [1.54, 1.807) is 19.1 Å². The highest BCUT2D eigenvalue weighted by atomic mass is 32.2. The van der Waals surface area contributed by atoms with Crippen LogP contribution in [-0.2, 0) is 21.9 Å². The van der Waals surface area contributed by atoms with Crippen molar-refractivity contribution in [3.8, 4) is 22.6 Å². The summed E-state index contributed by atoms with van der Waals surface area (Å²) < 4.78 is 63.7. The number of carbonyl (C=O) groups excluding carboxylic acids is 2. The van der Waals surface area contributed by atoms with Gasteiger partial charge in [0.05, 0.1) is 10.6 Å². The number of anilines is 1. The van der Waals surface area contributed by atoms with Crippen molar-refractivity contribution in [2.45, 2.75) is 31.2 Å². The minimum atomic E-state index is -4.21. The van der Waals surface area contributed by atoms with Crippen molar-refractivity contribution in [2.24, 2.45) is 7.05 Å². The molecule has 3 heterocycles. The standard InChI is InChI=1S/C32H26F2N4O6S/c1-4-26-30(39)38(32(41)35-26)20-8-12-27(44-28-11-7-19(33)15-25(28)34)23(16-20)24-17-36(3)31(40)29-22(24)13-14-37(29)45(42,43)21-9-5-18(2)6-10-21/h5-17,26H,4H2,1-3H3,(H,35,41). The van der Waals surface area contributed by atoms with Crippen LogP contribution < -0.4 is 20.5 Å². The number of fused-ring (bicyclic) bond motifs is 1. The Bertz CT molecular complexity index is 2190. The van der Waals surface area contributed by atoms with Crippen LogP contribution in [0.25, 0.3) is 22.0 Å². The highest BCUT2D eigenvalue weighted by Gasteiger charge is 2.38. The summed E-state index contributed by atoms with van der Waals surface area (Å²) >= 11 is 0. The van der Waals surface area contributed by atoms with Crippen LogP contribution in [0, 0.1) is 18.6 Å². The van der Waals surface area contributed by atoms with Crippen molar-refractivity contribution in [1.29, 1.82) is 0 Å². The molecule has 1 N–H and O–H groups in total. The second-order valence-corrected chi connectivity index (χ2v) is 12.4. The number of hydrogen-bond donors (Lipinski definition) is 1. The molecule has 13 heteroatoms.